The molecule has 0 aromatic carbocycles. The van der Waals surface area contributed by atoms with Gasteiger partial charge in [0.1, 0.15) is 6.10 Å². The van der Waals surface area contributed by atoms with Crippen LogP contribution in [0.15, 0.2) is 4.52 Å². The van der Waals surface area contributed by atoms with Gasteiger partial charge in [0, 0.05) is 13.7 Å². The van der Waals surface area contributed by atoms with Crippen molar-refractivity contribution in [3.05, 3.63) is 11.7 Å². The number of hydrogen-bond acceptors (Lipinski definition) is 6. The van der Waals surface area contributed by atoms with Crippen molar-refractivity contribution in [2.24, 2.45) is 11.1 Å². The second-order valence-electron chi connectivity index (χ2n) is 5.40. The van der Waals surface area contributed by atoms with E-state index in [1.54, 1.807) is 7.11 Å². The summed E-state index contributed by atoms with van der Waals surface area (Å²) in [5.74, 6) is 1.25. The van der Waals surface area contributed by atoms with Crippen molar-refractivity contribution < 1.29 is 9.26 Å². The summed E-state index contributed by atoms with van der Waals surface area (Å²) in [5.41, 5.74) is 6.02. The zero-order chi connectivity index (χ0) is 13.2. The maximum absolute atomic E-state index is 5.79. The van der Waals surface area contributed by atoms with E-state index in [0.29, 0.717) is 18.3 Å². The van der Waals surface area contributed by atoms with Gasteiger partial charge in [0.05, 0.1) is 6.54 Å². The van der Waals surface area contributed by atoms with Gasteiger partial charge in [-0.05, 0) is 31.8 Å². The summed E-state index contributed by atoms with van der Waals surface area (Å²) in [4.78, 5) is 6.65. The van der Waals surface area contributed by atoms with Gasteiger partial charge in [-0.2, -0.15) is 4.98 Å². The summed E-state index contributed by atoms with van der Waals surface area (Å²) in [6, 6.07) is 0. The van der Waals surface area contributed by atoms with Crippen LogP contribution in [-0.4, -0.2) is 41.8 Å². The van der Waals surface area contributed by atoms with Crippen molar-refractivity contribution >= 4 is 12.4 Å². The Labute approximate surface area is 120 Å². The molecule has 0 radical (unpaired) electrons. The lowest BCUT2D eigenvalue weighted by molar-refractivity contribution is 0.109. The summed E-state index contributed by atoms with van der Waals surface area (Å²) in [5, 5.41) is 3.92. The van der Waals surface area contributed by atoms with Crippen molar-refractivity contribution in [1.82, 2.24) is 15.0 Å². The molecular weight excluding hydrogens is 268 g/mol. The number of ether oxygens (including phenoxy) is 1. The second kappa shape index (κ2) is 6.65. The molecule has 0 bridgehead atoms. The van der Waals surface area contributed by atoms with Crippen LogP contribution in [0, 0.1) is 5.41 Å². The number of nitrogens with two attached hydrogens (primary N) is 1. The van der Waals surface area contributed by atoms with E-state index in [4.69, 9.17) is 15.0 Å². The monoisotopic (exact) mass is 290 g/mol. The molecule has 2 unspecified atom stereocenters. The third-order valence-electron chi connectivity index (χ3n) is 3.69. The fraction of sp³-hybridized carbons (Fsp3) is 0.833. The minimum absolute atomic E-state index is 0. The highest BCUT2D eigenvalue weighted by Gasteiger charge is 2.33. The Morgan fingerprint density at radius 3 is 2.89 bits per heavy atom. The molecule has 2 rings (SSSR count). The normalized spacial score (nSPS) is 25.3. The molecule has 19 heavy (non-hydrogen) atoms. The fourth-order valence-electron chi connectivity index (χ4n) is 2.22. The van der Waals surface area contributed by atoms with Crippen LogP contribution in [0.1, 0.15) is 38.1 Å². The largest absolute Gasteiger partial charge is 0.374 e. The Bertz CT molecular complexity index is 401. The van der Waals surface area contributed by atoms with Crippen LogP contribution in [-0.2, 0) is 11.3 Å². The van der Waals surface area contributed by atoms with E-state index in [1.807, 2.05) is 6.92 Å². The predicted octanol–water partition coefficient (Wildman–Crippen LogP) is 1.37. The number of methoxy groups -OCH3 is 1. The number of rotatable bonds is 5. The Hall–Kier alpha value is -0.690. The summed E-state index contributed by atoms with van der Waals surface area (Å²) in [6.45, 7) is 7.56. The topological polar surface area (TPSA) is 77.4 Å². The fourth-order valence-corrected chi connectivity index (χ4v) is 2.22. The van der Waals surface area contributed by atoms with Crippen LogP contribution in [0.5, 0.6) is 0 Å². The maximum atomic E-state index is 5.79. The quantitative estimate of drug-likeness (QED) is 0.882. The number of likely N-dealkylation sites (tertiary alicyclic amines) is 1. The molecular formula is C12H23ClN4O2. The first kappa shape index (κ1) is 16.4. The van der Waals surface area contributed by atoms with E-state index in [1.165, 1.54) is 0 Å². The van der Waals surface area contributed by atoms with Gasteiger partial charge in [0.25, 0.3) is 0 Å². The van der Waals surface area contributed by atoms with Gasteiger partial charge in [-0.15, -0.1) is 12.4 Å². The molecule has 1 saturated heterocycles. The van der Waals surface area contributed by atoms with Gasteiger partial charge in [-0.1, -0.05) is 12.1 Å². The molecule has 1 aromatic heterocycles. The average molecular weight is 291 g/mol. The first-order valence-electron chi connectivity index (χ1n) is 6.34. The van der Waals surface area contributed by atoms with Gasteiger partial charge in [0.15, 0.2) is 5.82 Å². The molecule has 2 heterocycles. The van der Waals surface area contributed by atoms with Crippen LogP contribution in [0.2, 0.25) is 0 Å². The zero-order valence-corrected chi connectivity index (χ0v) is 12.6. The highest BCUT2D eigenvalue weighted by atomic mass is 35.5. The highest BCUT2D eigenvalue weighted by Crippen LogP contribution is 2.29. The second-order valence-corrected chi connectivity index (χ2v) is 5.40. The molecule has 1 aromatic rings. The molecule has 6 nitrogen and oxygen atoms in total. The van der Waals surface area contributed by atoms with E-state index in [2.05, 4.69) is 22.0 Å². The van der Waals surface area contributed by atoms with Gasteiger partial charge < -0.3 is 15.0 Å². The van der Waals surface area contributed by atoms with Crippen molar-refractivity contribution in [3.8, 4) is 0 Å². The molecule has 0 spiro atoms. The summed E-state index contributed by atoms with van der Waals surface area (Å²) in [6.07, 6.45) is 0.995. The lowest BCUT2D eigenvalue weighted by Gasteiger charge is -2.21. The summed E-state index contributed by atoms with van der Waals surface area (Å²) >= 11 is 0. The molecule has 0 saturated carbocycles. The minimum Gasteiger partial charge on any atom is -0.374 e. The summed E-state index contributed by atoms with van der Waals surface area (Å²) < 4.78 is 10.4. The third-order valence-corrected chi connectivity index (χ3v) is 3.69. The van der Waals surface area contributed by atoms with Crippen LogP contribution in [0.4, 0.5) is 0 Å². The van der Waals surface area contributed by atoms with Gasteiger partial charge in [0.2, 0.25) is 5.89 Å². The Kier molecular flexibility index (Phi) is 5.73. The smallest absolute Gasteiger partial charge is 0.240 e. The van der Waals surface area contributed by atoms with Gasteiger partial charge in [-0.25, -0.2) is 0 Å². The predicted molar refractivity (Wildman–Crippen MR) is 74.0 cm³/mol. The van der Waals surface area contributed by atoms with E-state index >= 15 is 0 Å². The first-order chi connectivity index (χ1) is 8.56. The van der Waals surface area contributed by atoms with Crippen molar-refractivity contribution in [2.75, 3.05) is 26.7 Å². The standard InChI is InChI=1S/C12H22N4O2.ClH/c1-9(17-3)11-14-10(18-15-11)6-16-5-4-12(2,7-13)8-16;/h9H,4-8,13H2,1-3H3;1H. The van der Waals surface area contributed by atoms with E-state index in [-0.39, 0.29) is 23.9 Å². The average Bonchev–Trinajstić information content (AvgIpc) is 2.97. The van der Waals surface area contributed by atoms with E-state index in [9.17, 15) is 0 Å². The number of nitrogens with zero attached hydrogens (tertiary/aromatic N) is 3. The highest BCUT2D eigenvalue weighted by molar-refractivity contribution is 5.85. The number of hydrogen-bond donors (Lipinski definition) is 1. The molecule has 0 amide bonds. The van der Waals surface area contributed by atoms with Crippen LogP contribution >= 0.6 is 12.4 Å². The molecule has 110 valence electrons. The van der Waals surface area contributed by atoms with E-state index in [0.717, 1.165) is 26.1 Å². The SMILES string of the molecule is COC(C)c1noc(CN2CCC(C)(CN)C2)n1.Cl. The Balaban J connectivity index is 0.00000180. The van der Waals surface area contributed by atoms with Crippen LogP contribution < -0.4 is 5.73 Å². The molecule has 1 aliphatic heterocycles. The van der Waals surface area contributed by atoms with Gasteiger partial charge in [-0.3, -0.25) is 4.90 Å². The van der Waals surface area contributed by atoms with Crippen molar-refractivity contribution in [3.63, 3.8) is 0 Å². The van der Waals surface area contributed by atoms with Crippen LogP contribution in [0.3, 0.4) is 0 Å². The number of halogens is 1. The third kappa shape index (κ3) is 3.89. The molecule has 0 aliphatic carbocycles. The maximum Gasteiger partial charge on any atom is 0.240 e. The Morgan fingerprint density at radius 2 is 2.32 bits per heavy atom. The lowest BCUT2D eigenvalue weighted by atomic mass is 9.90. The Morgan fingerprint density at radius 1 is 1.58 bits per heavy atom. The van der Waals surface area contributed by atoms with Gasteiger partial charge >= 0.3 is 0 Å². The molecule has 7 heteroatoms. The number of aromatic nitrogens is 2. The van der Waals surface area contributed by atoms with Crippen molar-refractivity contribution in [2.45, 2.75) is 32.9 Å². The zero-order valence-electron chi connectivity index (χ0n) is 11.8. The van der Waals surface area contributed by atoms with Crippen molar-refractivity contribution in [1.29, 1.82) is 0 Å². The van der Waals surface area contributed by atoms with Crippen LogP contribution in [0.25, 0.3) is 0 Å². The molecule has 2 N–H and O–H groups in total. The molecule has 1 fully saturated rings. The van der Waals surface area contributed by atoms with E-state index < -0.39 is 0 Å². The molecule has 1 aliphatic rings. The lowest BCUT2D eigenvalue weighted by Crippen LogP contribution is -2.31. The first-order valence-corrected chi connectivity index (χ1v) is 6.34. The molecule has 2 atom stereocenters. The minimum atomic E-state index is -0.129. The summed E-state index contributed by atoms with van der Waals surface area (Å²) in [7, 11) is 1.63.